The van der Waals surface area contributed by atoms with E-state index in [9.17, 15) is 0 Å². The predicted molar refractivity (Wildman–Crippen MR) is 300 cm³/mol. The Morgan fingerprint density at radius 2 is 0.732 bits per heavy atom. The van der Waals surface area contributed by atoms with E-state index in [-0.39, 0.29) is 5.41 Å². The van der Waals surface area contributed by atoms with Crippen LogP contribution in [-0.2, 0) is 5.41 Å². The molecule has 0 saturated heterocycles. The minimum Gasteiger partial charge on any atom is -0.311 e. The van der Waals surface area contributed by atoms with E-state index in [1.54, 1.807) is 0 Å². The highest BCUT2D eigenvalue weighted by molar-refractivity contribution is 6.16. The summed E-state index contributed by atoms with van der Waals surface area (Å²) in [7, 11) is 0. The van der Waals surface area contributed by atoms with E-state index >= 15 is 0 Å². The second-order valence-electron chi connectivity index (χ2n) is 19.3. The van der Waals surface area contributed by atoms with Gasteiger partial charge in [-0.1, -0.05) is 202 Å². The number of aromatic nitrogens is 1. The van der Waals surface area contributed by atoms with Crippen LogP contribution in [-0.4, -0.2) is 4.57 Å². The maximum Gasteiger partial charge on any atom is 0.0547 e. The molecular formula is C69H50N2. The van der Waals surface area contributed by atoms with Crippen molar-refractivity contribution in [1.29, 1.82) is 0 Å². The van der Waals surface area contributed by atoms with Gasteiger partial charge in [-0.3, -0.25) is 0 Å². The van der Waals surface area contributed by atoms with Crippen molar-refractivity contribution in [3.63, 3.8) is 0 Å². The summed E-state index contributed by atoms with van der Waals surface area (Å²) in [5, 5.41) is 2.49. The number of para-hydroxylation sites is 2. The number of anilines is 3. The monoisotopic (exact) mass is 906 g/mol. The Bertz CT molecular complexity index is 3820. The number of hydrogen-bond acceptors (Lipinski definition) is 1. The van der Waals surface area contributed by atoms with Crippen LogP contribution < -0.4 is 4.90 Å². The van der Waals surface area contributed by atoms with Gasteiger partial charge in [0.15, 0.2) is 0 Å². The maximum atomic E-state index is 2.44. The van der Waals surface area contributed by atoms with Crippen molar-refractivity contribution in [2.45, 2.75) is 19.3 Å². The first-order valence-electron chi connectivity index (χ1n) is 24.7. The van der Waals surface area contributed by atoms with Crippen molar-refractivity contribution in [3.05, 3.63) is 278 Å². The van der Waals surface area contributed by atoms with Gasteiger partial charge in [0.25, 0.3) is 0 Å². The molecule has 0 unspecified atom stereocenters. The summed E-state index contributed by atoms with van der Waals surface area (Å²) in [5.41, 5.74) is 24.1. The third-order valence-electron chi connectivity index (χ3n) is 14.8. The fourth-order valence-corrected chi connectivity index (χ4v) is 11.3. The van der Waals surface area contributed by atoms with E-state index in [0.29, 0.717) is 0 Å². The molecule has 1 aliphatic rings. The van der Waals surface area contributed by atoms with E-state index in [0.717, 1.165) is 28.3 Å². The van der Waals surface area contributed by atoms with E-state index < -0.39 is 0 Å². The number of hydrogen-bond donors (Lipinski definition) is 0. The van der Waals surface area contributed by atoms with E-state index in [2.05, 4.69) is 290 Å². The molecule has 0 atom stereocenters. The normalized spacial score (nSPS) is 12.5. The Morgan fingerprint density at radius 1 is 0.310 bits per heavy atom. The van der Waals surface area contributed by atoms with Crippen LogP contribution in [0.3, 0.4) is 0 Å². The summed E-state index contributed by atoms with van der Waals surface area (Å²) in [6.07, 6.45) is 0. The average Bonchev–Trinajstić information content (AvgIpc) is 3.90. The molecule has 0 radical (unpaired) electrons. The third kappa shape index (κ3) is 7.27. The zero-order valence-corrected chi connectivity index (χ0v) is 39.8. The van der Waals surface area contributed by atoms with Crippen molar-refractivity contribution in [3.8, 4) is 72.4 Å². The average molecular weight is 907 g/mol. The number of nitrogens with zero attached hydrogens (tertiary/aromatic N) is 2. The molecular weight excluding hydrogens is 857 g/mol. The van der Waals surface area contributed by atoms with Gasteiger partial charge >= 0.3 is 0 Å². The standard InChI is InChI=1S/C69H50N2/c1-69(2)63-28-14-12-24-61(63)67-59(26-16-29-64(67)69)53-44-52(45-54(46-53)60-27-17-31-66-68(60)62-25-13-15-30-65(62)71(66)55-22-10-5-11-23-55)51-36-42-58(43-37-51)70(56-38-32-49(33-39-56)47-18-6-3-7-19-47)57-40-34-50(35-41-57)48-20-8-4-9-21-48/h3-46H,1-2H3. The topological polar surface area (TPSA) is 8.17 Å². The van der Waals surface area contributed by atoms with Gasteiger partial charge in [0, 0.05) is 38.9 Å². The van der Waals surface area contributed by atoms with Crippen LogP contribution in [0.5, 0.6) is 0 Å². The zero-order chi connectivity index (χ0) is 47.5. The van der Waals surface area contributed by atoms with Crippen LogP contribution in [0.15, 0.2) is 267 Å². The molecule has 1 heterocycles. The quantitative estimate of drug-likeness (QED) is 0.140. The second-order valence-corrected chi connectivity index (χ2v) is 19.3. The molecule has 71 heavy (non-hydrogen) atoms. The Kier molecular flexibility index (Phi) is 10.2. The first-order chi connectivity index (χ1) is 35.0. The summed E-state index contributed by atoms with van der Waals surface area (Å²) in [6, 6.07) is 97.8. The van der Waals surface area contributed by atoms with Crippen molar-refractivity contribution >= 4 is 38.9 Å². The van der Waals surface area contributed by atoms with Crippen LogP contribution in [0.4, 0.5) is 17.1 Å². The fraction of sp³-hybridized carbons (Fsp3) is 0.0435. The Balaban J connectivity index is 0.980. The number of benzene rings is 11. The molecule has 336 valence electrons. The molecule has 0 spiro atoms. The summed E-state index contributed by atoms with van der Waals surface area (Å²) in [6.45, 7) is 4.74. The molecule has 0 amide bonds. The van der Waals surface area contributed by atoms with Crippen molar-refractivity contribution in [1.82, 2.24) is 4.57 Å². The summed E-state index contributed by atoms with van der Waals surface area (Å²) in [5.74, 6) is 0. The molecule has 2 heteroatoms. The largest absolute Gasteiger partial charge is 0.311 e. The van der Waals surface area contributed by atoms with Gasteiger partial charge in [-0.25, -0.2) is 0 Å². The Morgan fingerprint density at radius 3 is 1.35 bits per heavy atom. The fourth-order valence-electron chi connectivity index (χ4n) is 11.3. The van der Waals surface area contributed by atoms with Gasteiger partial charge in [-0.05, 0) is 157 Å². The lowest BCUT2D eigenvalue weighted by Gasteiger charge is -2.26. The summed E-state index contributed by atoms with van der Waals surface area (Å²) >= 11 is 0. The van der Waals surface area contributed by atoms with Crippen LogP contribution in [0, 0.1) is 0 Å². The van der Waals surface area contributed by atoms with Gasteiger partial charge in [0.2, 0.25) is 0 Å². The van der Waals surface area contributed by atoms with E-state index in [4.69, 9.17) is 0 Å². The molecule has 12 aromatic rings. The second kappa shape index (κ2) is 17.2. The van der Waals surface area contributed by atoms with E-state index in [1.165, 1.54) is 94.1 Å². The van der Waals surface area contributed by atoms with Gasteiger partial charge < -0.3 is 9.47 Å². The molecule has 2 nitrogen and oxygen atoms in total. The van der Waals surface area contributed by atoms with Gasteiger partial charge in [0.05, 0.1) is 11.0 Å². The zero-order valence-electron chi connectivity index (χ0n) is 39.8. The lowest BCUT2D eigenvalue weighted by molar-refractivity contribution is 0.660. The minimum atomic E-state index is -0.112. The lowest BCUT2D eigenvalue weighted by atomic mass is 9.82. The van der Waals surface area contributed by atoms with Gasteiger partial charge in [-0.15, -0.1) is 0 Å². The molecule has 0 saturated carbocycles. The van der Waals surface area contributed by atoms with Crippen LogP contribution >= 0.6 is 0 Å². The molecule has 0 aliphatic heterocycles. The molecule has 1 aromatic heterocycles. The first-order valence-corrected chi connectivity index (χ1v) is 24.7. The van der Waals surface area contributed by atoms with Gasteiger partial charge in [0.1, 0.15) is 0 Å². The molecule has 0 N–H and O–H groups in total. The van der Waals surface area contributed by atoms with Crippen molar-refractivity contribution in [2.24, 2.45) is 0 Å². The molecule has 1 aliphatic carbocycles. The molecule has 11 aromatic carbocycles. The minimum absolute atomic E-state index is 0.112. The van der Waals surface area contributed by atoms with Gasteiger partial charge in [-0.2, -0.15) is 0 Å². The summed E-state index contributed by atoms with van der Waals surface area (Å²) in [4.78, 5) is 2.37. The third-order valence-corrected chi connectivity index (χ3v) is 14.8. The highest BCUT2D eigenvalue weighted by Gasteiger charge is 2.36. The first kappa shape index (κ1) is 42.1. The SMILES string of the molecule is CC1(C)c2ccccc2-c2c(-c3cc(-c4ccc(N(c5ccc(-c6ccccc6)cc5)c5ccc(-c6ccccc6)cc5)cc4)cc(-c4cccc5c4c4ccccc4n5-c4ccccc4)c3)cccc21. The van der Waals surface area contributed by atoms with Crippen LogP contribution in [0.1, 0.15) is 25.0 Å². The number of rotatable bonds is 9. The Labute approximate surface area is 416 Å². The molecule has 0 fully saturated rings. The smallest absolute Gasteiger partial charge is 0.0547 e. The molecule has 0 bridgehead atoms. The van der Waals surface area contributed by atoms with Crippen LogP contribution in [0.25, 0.3) is 94.3 Å². The highest BCUT2D eigenvalue weighted by Crippen LogP contribution is 2.53. The molecule has 13 rings (SSSR count). The predicted octanol–water partition coefficient (Wildman–Crippen LogP) is 18.9. The highest BCUT2D eigenvalue weighted by atomic mass is 15.1. The number of fused-ring (bicyclic) bond motifs is 6. The van der Waals surface area contributed by atoms with Crippen molar-refractivity contribution < 1.29 is 0 Å². The van der Waals surface area contributed by atoms with Crippen molar-refractivity contribution in [2.75, 3.05) is 4.90 Å². The Hall–Kier alpha value is -8.98. The maximum absolute atomic E-state index is 2.44. The lowest BCUT2D eigenvalue weighted by Crippen LogP contribution is -2.14. The summed E-state index contributed by atoms with van der Waals surface area (Å²) < 4.78 is 2.41. The van der Waals surface area contributed by atoms with Crippen LogP contribution in [0.2, 0.25) is 0 Å². The van der Waals surface area contributed by atoms with E-state index in [1.807, 2.05) is 0 Å².